The van der Waals surface area contributed by atoms with E-state index in [1.165, 1.54) is 11.1 Å². The fourth-order valence-corrected chi connectivity index (χ4v) is 2.63. The van der Waals surface area contributed by atoms with Crippen LogP contribution in [0.3, 0.4) is 0 Å². The molecule has 0 fully saturated rings. The highest BCUT2D eigenvalue weighted by Crippen LogP contribution is 2.30. The van der Waals surface area contributed by atoms with Gasteiger partial charge in [-0.1, -0.05) is 38.1 Å². The van der Waals surface area contributed by atoms with E-state index in [4.69, 9.17) is 0 Å². The second-order valence-electron chi connectivity index (χ2n) is 4.50. The highest BCUT2D eigenvalue weighted by Gasteiger charge is 2.07. The van der Waals surface area contributed by atoms with Crippen molar-refractivity contribution < 1.29 is 4.79 Å². The molecule has 88 valence electrons. The van der Waals surface area contributed by atoms with Gasteiger partial charge in [0.15, 0.2) is 5.78 Å². The smallest absolute Gasteiger partial charge is 0.169 e. The summed E-state index contributed by atoms with van der Waals surface area (Å²) >= 11 is 1.56. The molecule has 0 saturated heterocycles. The lowest BCUT2D eigenvalue weighted by Crippen LogP contribution is -1.86. The van der Waals surface area contributed by atoms with E-state index in [1.807, 2.05) is 12.1 Å². The molecule has 0 spiro atoms. The molecular weight excluding hydrogens is 228 g/mol. The third-order valence-electron chi connectivity index (χ3n) is 2.79. The number of thiophene rings is 1. The molecular formula is C15H16OS. The Bertz CT molecular complexity index is 537. The number of hydrogen-bond donors (Lipinski definition) is 0. The molecule has 1 heterocycles. The highest BCUT2D eigenvalue weighted by atomic mass is 32.1. The van der Waals surface area contributed by atoms with E-state index in [-0.39, 0.29) is 5.78 Å². The van der Waals surface area contributed by atoms with E-state index in [0.717, 1.165) is 9.75 Å². The minimum Gasteiger partial charge on any atom is -0.294 e. The summed E-state index contributed by atoms with van der Waals surface area (Å²) in [4.78, 5) is 13.3. The molecule has 2 rings (SSSR count). The highest BCUT2D eigenvalue weighted by molar-refractivity contribution is 7.17. The van der Waals surface area contributed by atoms with Gasteiger partial charge in [-0.05, 0) is 36.1 Å². The maximum absolute atomic E-state index is 11.3. The summed E-state index contributed by atoms with van der Waals surface area (Å²) in [5, 5.41) is 0. The number of carbonyl (C=O) groups is 1. The predicted molar refractivity (Wildman–Crippen MR) is 73.8 cm³/mol. The Morgan fingerprint density at radius 3 is 2.53 bits per heavy atom. The molecule has 0 aliphatic heterocycles. The average Bonchev–Trinajstić information content (AvgIpc) is 2.78. The van der Waals surface area contributed by atoms with Crippen LogP contribution in [0.1, 0.15) is 41.9 Å². The maximum Gasteiger partial charge on any atom is 0.169 e. The number of benzene rings is 1. The van der Waals surface area contributed by atoms with Crippen LogP contribution in [0.5, 0.6) is 0 Å². The first-order valence-corrected chi connectivity index (χ1v) is 6.60. The van der Waals surface area contributed by atoms with Gasteiger partial charge >= 0.3 is 0 Å². The van der Waals surface area contributed by atoms with Crippen molar-refractivity contribution >= 4 is 17.1 Å². The van der Waals surface area contributed by atoms with Crippen molar-refractivity contribution in [1.29, 1.82) is 0 Å². The van der Waals surface area contributed by atoms with E-state index in [0.29, 0.717) is 5.92 Å². The summed E-state index contributed by atoms with van der Waals surface area (Å²) in [5.41, 5.74) is 2.54. The molecule has 0 atom stereocenters. The van der Waals surface area contributed by atoms with Crippen LogP contribution in [0, 0.1) is 0 Å². The molecule has 1 aromatic heterocycles. The minimum atomic E-state index is 0.140. The molecule has 0 N–H and O–H groups in total. The number of carbonyl (C=O) groups excluding carboxylic acids is 1. The van der Waals surface area contributed by atoms with Crippen LogP contribution in [0.4, 0.5) is 0 Å². The van der Waals surface area contributed by atoms with Crippen molar-refractivity contribution in [2.75, 3.05) is 0 Å². The van der Waals surface area contributed by atoms with Gasteiger partial charge in [-0.2, -0.15) is 0 Å². The van der Waals surface area contributed by atoms with Crippen molar-refractivity contribution in [3.63, 3.8) is 0 Å². The minimum absolute atomic E-state index is 0.140. The maximum atomic E-state index is 11.3. The number of rotatable bonds is 3. The summed E-state index contributed by atoms with van der Waals surface area (Å²) in [5.74, 6) is 0.670. The van der Waals surface area contributed by atoms with Crippen molar-refractivity contribution in [2.45, 2.75) is 26.7 Å². The van der Waals surface area contributed by atoms with Gasteiger partial charge in [0.1, 0.15) is 0 Å². The fourth-order valence-electron chi connectivity index (χ4n) is 1.73. The molecule has 0 aliphatic rings. The Morgan fingerprint density at radius 2 is 1.94 bits per heavy atom. The van der Waals surface area contributed by atoms with E-state index < -0.39 is 0 Å². The Hall–Kier alpha value is -1.41. The molecule has 17 heavy (non-hydrogen) atoms. The Labute approximate surface area is 106 Å². The second kappa shape index (κ2) is 4.84. The summed E-state index contributed by atoms with van der Waals surface area (Å²) in [7, 11) is 0. The molecule has 0 bridgehead atoms. The molecule has 1 nitrogen and oxygen atoms in total. The molecule has 0 saturated carbocycles. The zero-order valence-electron chi connectivity index (χ0n) is 10.4. The first-order chi connectivity index (χ1) is 8.08. The van der Waals surface area contributed by atoms with Crippen molar-refractivity contribution in [2.24, 2.45) is 0 Å². The lowest BCUT2D eigenvalue weighted by molar-refractivity contribution is 0.102. The average molecular weight is 244 g/mol. The van der Waals surface area contributed by atoms with Crippen LogP contribution in [-0.2, 0) is 0 Å². The van der Waals surface area contributed by atoms with Gasteiger partial charge < -0.3 is 0 Å². The Morgan fingerprint density at radius 1 is 1.18 bits per heavy atom. The van der Waals surface area contributed by atoms with Gasteiger partial charge in [0, 0.05) is 4.88 Å². The van der Waals surface area contributed by atoms with E-state index in [2.05, 4.69) is 38.1 Å². The first-order valence-electron chi connectivity index (χ1n) is 5.79. The van der Waals surface area contributed by atoms with Gasteiger partial charge in [0.05, 0.1) is 4.88 Å². The number of ketones is 1. The van der Waals surface area contributed by atoms with Gasteiger partial charge in [0.25, 0.3) is 0 Å². The van der Waals surface area contributed by atoms with E-state index in [1.54, 1.807) is 18.3 Å². The molecule has 2 aromatic rings. The van der Waals surface area contributed by atoms with Gasteiger partial charge in [-0.3, -0.25) is 4.79 Å². The standard InChI is InChI=1S/C15H16OS/c1-10(2)12-5-4-6-13(9-12)15-8-7-14(17-15)11(3)16/h4-10H,1-3H3. The number of hydrogen-bond acceptors (Lipinski definition) is 2. The SMILES string of the molecule is CC(=O)c1ccc(-c2cccc(C(C)C)c2)s1. The summed E-state index contributed by atoms with van der Waals surface area (Å²) in [6.45, 7) is 5.99. The Balaban J connectivity index is 2.38. The lowest BCUT2D eigenvalue weighted by Gasteiger charge is -2.06. The molecule has 0 unspecified atom stereocenters. The molecule has 1 aromatic carbocycles. The second-order valence-corrected chi connectivity index (χ2v) is 5.58. The molecule has 0 amide bonds. The number of Topliss-reactive ketones (excluding diaryl/α,β-unsaturated/α-hetero) is 1. The van der Waals surface area contributed by atoms with Gasteiger partial charge in [0.2, 0.25) is 0 Å². The molecule has 0 radical (unpaired) electrons. The van der Waals surface area contributed by atoms with Crippen LogP contribution in [0.25, 0.3) is 10.4 Å². The monoisotopic (exact) mass is 244 g/mol. The van der Waals surface area contributed by atoms with Gasteiger partial charge in [-0.25, -0.2) is 0 Å². The molecule has 0 aliphatic carbocycles. The van der Waals surface area contributed by atoms with Crippen LogP contribution in [0.15, 0.2) is 36.4 Å². The van der Waals surface area contributed by atoms with E-state index in [9.17, 15) is 4.79 Å². The topological polar surface area (TPSA) is 17.1 Å². The molecule has 2 heteroatoms. The fraction of sp³-hybridized carbons (Fsp3) is 0.267. The van der Waals surface area contributed by atoms with Crippen molar-refractivity contribution in [3.05, 3.63) is 46.8 Å². The normalized spacial score (nSPS) is 10.8. The zero-order valence-corrected chi connectivity index (χ0v) is 11.2. The van der Waals surface area contributed by atoms with Crippen LogP contribution in [-0.4, -0.2) is 5.78 Å². The predicted octanol–water partition coefficient (Wildman–Crippen LogP) is 4.74. The largest absolute Gasteiger partial charge is 0.294 e. The van der Waals surface area contributed by atoms with E-state index >= 15 is 0 Å². The third-order valence-corrected chi connectivity index (χ3v) is 4.03. The summed E-state index contributed by atoms with van der Waals surface area (Å²) in [6, 6.07) is 12.5. The third kappa shape index (κ3) is 2.64. The van der Waals surface area contributed by atoms with Crippen LogP contribution in [0.2, 0.25) is 0 Å². The Kier molecular flexibility index (Phi) is 3.43. The van der Waals surface area contributed by atoms with Gasteiger partial charge in [-0.15, -0.1) is 11.3 Å². The van der Waals surface area contributed by atoms with Crippen molar-refractivity contribution in [1.82, 2.24) is 0 Å². The summed E-state index contributed by atoms with van der Waals surface area (Å²) in [6.07, 6.45) is 0. The van der Waals surface area contributed by atoms with Crippen molar-refractivity contribution in [3.8, 4) is 10.4 Å². The first kappa shape index (κ1) is 12.1. The lowest BCUT2D eigenvalue weighted by atomic mass is 10.0. The zero-order chi connectivity index (χ0) is 12.4. The van der Waals surface area contributed by atoms with Crippen LogP contribution < -0.4 is 0 Å². The van der Waals surface area contributed by atoms with Crippen LogP contribution >= 0.6 is 11.3 Å². The summed E-state index contributed by atoms with van der Waals surface area (Å²) < 4.78 is 0. The quantitative estimate of drug-likeness (QED) is 0.713.